The number of nitrogens with two attached hydrogens (primary N) is 1. The molecule has 3 rings (SSSR count). The molecular formula is C18H18N2O5S2. The molecule has 0 fully saturated rings. The van der Waals surface area contributed by atoms with E-state index in [0.29, 0.717) is 26.5 Å². The molecule has 0 bridgehead atoms. The molecule has 0 unspecified atom stereocenters. The molecule has 7 nitrogen and oxygen atoms in total. The fourth-order valence-electron chi connectivity index (χ4n) is 3.09. The van der Waals surface area contributed by atoms with Gasteiger partial charge in [0.2, 0.25) is 0 Å². The number of hydrogen-bond acceptors (Lipinski definition) is 7. The van der Waals surface area contributed by atoms with Crippen LogP contribution in [-0.4, -0.2) is 30.5 Å². The Bertz CT molecular complexity index is 1170. The van der Waals surface area contributed by atoms with Crippen molar-refractivity contribution >= 4 is 42.8 Å². The Hall–Kier alpha value is -2.49. The molecule has 142 valence electrons. The second-order valence-electron chi connectivity index (χ2n) is 6.07. The first-order valence-electron chi connectivity index (χ1n) is 8.08. The molecule has 0 amide bonds. The molecule has 3 N–H and O–H groups in total. The summed E-state index contributed by atoms with van der Waals surface area (Å²) < 4.78 is 39.7. The minimum Gasteiger partial charge on any atom is -0.462 e. The van der Waals surface area contributed by atoms with Crippen LogP contribution in [0.25, 0.3) is 21.3 Å². The molecule has 0 radical (unpaired) electrons. The quantitative estimate of drug-likeness (QED) is 0.502. The van der Waals surface area contributed by atoms with Gasteiger partial charge in [-0.15, -0.1) is 0 Å². The molecule has 0 saturated carbocycles. The Morgan fingerprint density at radius 1 is 1.22 bits per heavy atom. The number of anilines is 1. The van der Waals surface area contributed by atoms with Gasteiger partial charge in [0.15, 0.2) is 5.13 Å². The van der Waals surface area contributed by atoms with Gasteiger partial charge in [0.05, 0.1) is 22.4 Å². The molecule has 1 heterocycles. The van der Waals surface area contributed by atoms with Crippen molar-refractivity contribution in [2.75, 3.05) is 12.3 Å². The fourth-order valence-corrected chi connectivity index (χ4v) is 4.76. The number of nitrogens with zero attached hydrogens (tertiary/aromatic N) is 1. The first-order valence-corrected chi connectivity index (χ1v) is 10.3. The van der Waals surface area contributed by atoms with E-state index in [1.54, 1.807) is 45.0 Å². The molecule has 0 aliphatic heterocycles. The zero-order chi connectivity index (χ0) is 19.9. The highest BCUT2D eigenvalue weighted by Crippen LogP contribution is 2.37. The zero-order valence-electron chi connectivity index (χ0n) is 14.9. The van der Waals surface area contributed by atoms with Gasteiger partial charge in [-0.3, -0.25) is 4.55 Å². The molecule has 27 heavy (non-hydrogen) atoms. The van der Waals surface area contributed by atoms with Crippen LogP contribution in [0.5, 0.6) is 0 Å². The second-order valence-corrected chi connectivity index (χ2v) is 8.49. The second kappa shape index (κ2) is 6.91. The topological polar surface area (TPSA) is 120 Å². The molecule has 0 spiro atoms. The fraction of sp³-hybridized carbons (Fsp3) is 0.222. The maximum absolute atomic E-state index is 12.5. The SMILES string of the molecule is CCOC(=O)c1cc2sc(N)nc2cc1-c1cc(C)cc(C)c1S(=O)(=O)O. The minimum absolute atomic E-state index is 0.166. The molecule has 0 aliphatic rings. The van der Waals surface area contributed by atoms with Gasteiger partial charge >= 0.3 is 5.97 Å². The number of esters is 1. The van der Waals surface area contributed by atoms with Crippen molar-refractivity contribution in [3.05, 3.63) is 41.0 Å². The third-order valence-corrected chi connectivity index (χ3v) is 5.91. The summed E-state index contributed by atoms with van der Waals surface area (Å²) in [5.74, 6) is -0.596. The van der Waals surface area contributed by atoms with E-state index >= 15 is 0 Å². The molecule has 0 aliphatic carbocycles. The number of carbonyl (C=O) groups excluding carboxylic acids is 1. The van der Waals surface area contributed by atoms with Gasteiger partial charge in [0.25, 0.3) is 10.1 Å². The smallest absolute Gasteiger partial charge is 0.338 e. The van der Waals surface area contributed by atoms with Crippen molar-refractivity contribution in [2.45, 2.75) is 25.7 Å². The summed E-state index contributed by atoms with van der Waals surface area (Å²) in [4.78, 5) is 16.5. The predicted molar refractivity (Wildman–Crippen MR) is 105 cm³/mol. The van der Waals surface area contributed by atoms with Crippen molar-refractivity contribution in [1.29, 1.82) is 0 Å². The average Bonchev–Trinajstić information content (AvgIpc) is 2.90. The molecule has 0 saturated heterocycles. The highest BCUT2D eigenvalue weighted by atomic mass is 32.2. The van der Waals surface area contributed by atoms with Crippen molar-refractivity contribution < 1.29 is 22.5 Å². The summed E-state index contributed by atoms with van der Waals surface area (Å²) in [7, 11) is -4.53. The van der Waals surface area contributed by atoms with Gasteiger partial charge in [-0.25, -0.2) is 9.78 Å². The third-order valence-electron chi connectivity index (χ3n) is 4.01. The van der Waals surface area contributed by atoms with E-state index in [1.165, 1.54) is 11.3 Å². The number of aryl methyl sites for hydroxylation is 2. The van der Waals surface area contributed by atoms with Gasteiger partial charge < -0.3 is 10.5 Å². The van der Waals surface area contributed by atoms with Crippen LogP contribution in [0.3, 0.4) is 0 Å². The van der Waals surface area contributed by atoms with E-state index in [9.17, 15) is 17.8 Å². The van der Waals surface area contributed by atoms with E-state index < -0.39 is 16.1 Å². The van der Waals surface area contributed by atoms with Crippen molar-refractivity contribution in [3.63, 3.8) is 0 Å². The highest BCUT2D eigenvalue weighted by molar-refractivity contribution is 7.86. The van der Waals surface area contributed by atoms with Crippen LogP contribution in [0.2, 0.25) is 0 Å². The van der Waals surface area contributed by atoms with Crippen LogP contribution < -0.4 is 5.73 Å². The number of ether oxygens (including phenoxy) is 1. The lowest BCUT2D eigenvalue weighted by Crippen LogP contribution is -2.09. The Balaban J connectivity index is 2.43. The number of aromatic nitrogens is 1. The molecule has 1 aromatic heterocycles. The summed E-state index contributed by atoms with van der Waals surface area (Å²) in [5.41, 5.74) is 8.16. The van der Waals surface area contributed by atoms with Crippen LogP contribution in [-0.2, 0) is 14.9 Å². The highest BCUT2D eigenvalue weighted by Gasteiger charge is 2.25. The largest absolute Gasteiger partial charge is 0.462 e. The zero-order valence-corrected chi connectivity index (χ0v) is 16.6. The maximum Gasteiger partial charge on any atom is 0.338 e. The standard InChI is InChI=1S/C18H18N2O5S2/c1-4-25-17(21)13-8-15-14(20-18(19)26-15)7-11(13)12-6-9(2)5-10(3)16(12)27(22,23)24/h5-8H,4H2,1-3H3,(H2,19,20)(H,22,23,24). The van der Waals surface area contributed by atoms with Crippen molar-refractivity contribution in [3.8, 4) is 11.1 Å². The Kier molecular flexibility index (Phi) is 4.94. The molecule has 0 atom stereocenters. The van der Waals surface area contributed by atoms with Gasteiger partial charge in [-0.2, -0.15) is 8.42 Å². The summed E-state index contributed by atoms with van der Waals surface area (Å²) in [5, 5.41) is 0.326. The summed E-state index contributed by atoms with van der Waals surface area (Å²) >= 11 is 1.21. The minimum atomic E-state index is -4.53. The van der Waals surface area contributed by atoms with E-state index in [2.05, 4.69) is 4.98 Å². The number of benzene rings is 2. The van der Waals surface area contributed by atoms with Crippen LogP contribution in [0, 0.1) is 13.8 Å². The molecular weight excluding hydrogens is 388 g/mol. The van der Waals surface area contributed by atoms with Crippen molar-refractivity contribution in [2.24, 2.45) is 0 Å². The Morgan fingerprint density at radius 3 is 2.56 bits per heavy atom. The number of rotatable bonds is 4. The third kappa shape index (κ3) is 3.66. The number of hydrogen-bond donors (Lipinski definition) is 2. The van der Waals surface area contributed by atoms with Crippen LogP contribution >= 0.6 is 11.3 Å². The lowest BCUT2D eigenvalue weighted by molar-refractivity contribution is 0.0527. The summed E-state index contributed by atoms with van der Waals surface area (Å²) in [6.07, 6.45) is 0. The lowest BCUT2D eigenvalue weighted by Gasteiger charge is -2.15. The van der Waals surface area contributed by atoms with E-state index in [0.717, 1.165) is 5.56 Å². The van der Waals surface area contributed by atoms with Gasteiger partial charge in [-0.1, -0.05) is 23.0 Å². The van der Waals surface area contributed by atoms with E-state index in [1.807, 2.05) is 0 Å². The molecule has 9 heteroatoms. The Labute approximate surface area is 160 Å². The van der Waals surface area contributed by atoms with Crippen LogP contribution in [0.15, 0.2) is 29.2 Å². The average molecular weight is 406 g/mol. The summed E-state index contributed by atoms with van der Waals surface area (Å²) in [6, 6.07) is 6.44. The maximum atomic E-state index is 12.5. The van der Waals surface area contributed by atoms with Crippen molar-refractivity contribution in [1.82, 2.24) is 4.98 Å². The predicted octanol–water partition coefficient (Wildman–Crippen LogP) is 3.59. The van der Waals surface area contributed by atoms with Gasteiger partial charge in [0.1, 0.15) is 4.90 Å². The van der Waals surface area contributed by atoms with E-state index in [4.69, 9.17) is 10.5 Å². The first-order chi connectivity index (χ1) is 12.6. The summed E-state index contributed by atoms with van der Waals surface area (Å²) in [6.45, 7) is 5.23. The number of thiazole rings is 1. The number of nitrogen functional groups attached to an aromatic ring is 1. The van der Waals surface area contributed by atoms with Crippen LogP contribution in [0.1, 0.15) is 28.4 Å². The Morgan fingerprint density at radius 2 is 1.93 bits per heavy atom. The van der Waals surface area contributed by atoms with E-state index in [-0.39, 0.29) is 22.6 Å². The van der Waals surface area contributed by atoms with Gasteiger partial charge in [-0.05, 0) is 50.1 Å². The normalized spacial score (nSPS) is 11.7. The first kappa shape index (κ1) is 19.3. The number of carbonyl (C=O) groups is 1. The lowest BCUT2D eigenvalue weighted by atomic mass is 9.96. The molecule has 3 aromatic rings. The number of fused-ring (bicyclic) bond motifs is 1. The monoisotopic (exact) mass is 406 g/mol. The molecule has 2 aromatic carbocycles. The van der Waals surface area contributed by atoms with Crippen LogP contribution in [0.4, 0.5) is 5.13 Å². The van der Waals surface area contributed by atoms with Gasteiger partial charge in [0, 0.05) is 5.56 Å².